The minimum Gasteiger partial charge on any atom is -0.490 e. The average Bonchev–Trinajstić information content (AvgIpc) is 3.59. The summed E-state index contributed by atoms with van der Waals surface area (Å²) in [5.41, 5.74) is 4.71. The zero-order chi connectivity index (χ0) is 24.6. The van der Waals surface area contributed by atoms with Crippen LogP contribution in [0.5, 0.6) is 5.75 Å². The van der Waals surface area contributed by atoms with Crippen molar-refractivity contribution in [1.29, 1.82) is 5.26 Å². The Labute approximate surface area is 204 Å². The van der Waals surface area contributed by atoms with Crippen LogP contribution in [-0.4, -0.2) is 63.7 Å². The zero-order valence-corrected chi connectivity index (χ0v) is 20.1. The lowest BCUT2D eigenvalue weighted by atomic mass is 9.81. The fraction of sp³-hybridized carbons (Fsp3) is 0.444. The molecule has 8 nitrogen and oxygen atoms in total. The van der Waals surface area contributed by atoms with Crippen LogP contribution in [0.15, 0.2) is 40.9 Å². The second-order valence-electron chi connectivity index (χ2n) is 9.85. The number of hydrogen-bond acceptors (Lipinski definition) is 8. The van der Waals surface area contributed by atoms with Gasteiger partial charge in [0.05, 0.1) is 24.4 Å². The second kappa shape index (κ2) is 9.42. The standard InChI is InChI=1S/C27H30N4O4/c1-17(2)34-24-7-6-18(12-19(24)13-28)26-29-25(30-35-26)22-4-3-5-23-21(22)8-9-27(23)10-11-31(16-27)14-20(33)15-32/h3-7,12,17,20,32-33H,8-11,14-16H2,1-2H3/t20-,27?/m0/s1. The number of likely N-dealkylation sites (tertiary alicyclic amines) is 1. The van der Waals surface area contributed by atoms with E-state index in [4.69, 9.17) is 9.26 Å². The molecule has 2 N–H and O–H groups in total. The quantitative estimate of drug-likeness (QED) is 0.536. The number of nitriles is 1. The molecule has 3 aromatic rings. The molecule has 0 radical (unpaired) electrons. The van der Waals surface area contributed by atoms with Crippen molar-refractivity contribution in [3.63, 3.8) is 0 Å². The van der Waals surface area contributed by atoms with Gasteiger partial charge in [0.25, 0.3) is 5.89 Å². The summed E-state index contributed by atoms with van der Waals surface area (Å²) in [5, 5.41) is 32.9. The van der Waals surface area contributed by atoms with Crippen molar-refractivity contribution in [2.75, 3.05) is 26.2 Å². The SMILES string of the molecule is CC(C)Oc1ccc(-c2nc(-c3cccc4c3CCC43CCN(C[C@H](O)CO)C3)no2)cc1C#N. The average molecular weight is 475 g/mol. The van der Waals surface area contributed by atoms with Crippen LogP contribution in [0.4, 0.5) is 0 Å². The molecule has 1 aromatic heterocycles. The van der Waals surface area contributed by atoms with Crippen molar-refractivity contribution in [3.05, 3.63) is 53.1 Å². The Morgan fingerprint density at radius 2 is 2.11 bits per heavy atom. The van der Waals surface area contributed by atoms with Crippen LogP contribution in [0.2, 0.25) is 0 Å². The van der Waals surface area contributed by atoms with E-state index in [2.05, 4.69) is 27.2 Å². The van der Waals surface area contributed by atoms with Crippen molar-refractivity contribution in [1.82, 2.24) is 15.0 Å². The summed E-state index contributed by atoms with van der Waals surface area (Å²) in [4.78, 5) is 6.92. The molecule has 8 heteroatoms. The van der Waals surface area contributed by atoms with Gasteiger partial charge in [0, 0.05) is 29.6 Å². The minimum atomic E-state index is -0.706. The van der Waals surface area contributed by atoms with E-state index in [-0.39, 0.29) is 18.1 Å². The second-order valence-corrected chi connectivity index (χ2v) is 9.85. The number of aliphatic hydroxyl groups excluding tert-OH is 2. The van der Waals surface area contributed by atoms with Crippen molar-refractivity contribution >= 4 is 0 Å². The zero-order valence-electron chi connectivity index (χ0n) is 20.1. The first-order valence-corrected chi connectivity index (χ1v) is 12.1. The fourth-order valence-electron chi connectivity index (χ4n) is 5.51. The Bertz CT molecular complexity index is 1260. The van der Waals surface area contributed by atoms with Gasteiger partial charge in [-0.1, -0.05) is 23.4 Å². The monoisotopic (exact) mass is 474 g/mol. The summed E-state index contributed by atoms with van der Waals surface area (Å²) >= 11 is 0. The maximum atomic E-state index is 9.88. The largest absolute Gasteiger partial charge is 0.490 e. The van der Waals surface area contributed by atoms with Gasteiger partial charge in [-0.15, -0.1) is 0 Å². The number of nitrogens with zero attached hydrogens (tertiary/aromatic N) is 4. The number of benzene rings is 2. The maximum absolute atomic E-state index is 9.88. The minimum absolute atomic E-state index is 0.0295. The number of rotatable bonds is 7. The van der Waals surface area contributed by atoms with Crippen LogP contribution in [-0.2, 0) is 11.8 Å². The van der Waals surface area contributed by atoms with E-state index in [0.717, 1.165) is 37.9 Å². The Balaban J connectivity index is 1.41. The first-order valence-electron chi connectivity index (χ1n) is 12.1. The third kappa shape index (κ3) is 4.43. The smallest absolute Gasteiger partial charge is 0.258 e. The molecule has 2 aromatic carbocycles. The van der Waals surface area contributed by atoms with E-state index in [1.165, 1.54) is 11.1 Å². The topological polar surface area (TPSA) is 116 Å². The molecule has 5 rings (SSSR count). The molecular weight excluding hydrogens is 444 g/mol. The van der Waals surface area contributed by atoms with Crippen LogP contribution in [0, 0.1) is 11.3 Å². The maximum Gasteiger partial charge on any atom is 0.258 e. The predicted octanol–water partition coefficient (Wildman–Crippen LogP) is 3.31. The number of aromatic nitrogens is 2. The van der Waals surface area contributed by atoms with Gasteiger partial charge in [0.1, 0.15) is 11.8 Å². The lowest BCUT2D eigenvalue weighted by Gasteiger charge is -2.26. The molecule has 2 atom stereocenters. The van der Waals surface area contributed by atoms with Crippen molar-refractivity contribution in [3.8, 4) is 34.7 Å². The van der Waals surface area contributed by atoms with Crippen LogP contribution >= 0.6 is 0 Å². The summed E-state index contributed by atoms with van der Waals surface area (Å²) < 4.78 is 11.3. The molecule has 1 spiro atoms. The van der Waals surface area contributed by atoms with Crippen molar-refractivity contribution in [2.45, 2.75) is 50.7 Å². The van der Waals surface area contributed by atoms with Gasteiger partial charge in [0.15, 0.2) is 0 Å². The summed E-state index contributed by atoms with van der Waals surface area (Å²) in [5.74, 6) is 1.44. The number of β-amino-alcohol motifs (C(OH)–C–C–N with tert-alkyl or cyclic N) is 1. The van der Waals surface area contributed by atoms with Gasteiger partial charge < -0.3 is 19.5 Å². The highest BCUT2D eigenvalue weighted by Gasteiger charge is 2.45. The Kier molecular flexibility index (Phi) is 6.32. The summed E-state index contributed by atoms with van der Waals surface area (Å²) in [6, 6.07) is 13.8. The molecule has 0 bridgehead atoms. The molecule has 1 saturated heterocycles. The highest BCUT2D eigenvalue weighted by atomic mass is 16.5. The first-order chi connectivity index (χ1) is 16.9. The molecule has 2 aliphatic rings. The normalized spacial score (nSPS) is 20.3. The Morgan fingerprint density at radius 3 is 2.89 bits per heavy atom. The van der Waals surface area contributed by atoms with E-state index in [1.807, 2.05) is 32.0 Å². The number of aliphatic hydroxyl groups is 2. The van der Waals surface area contributed by atoms with Crippen molar-refractivity contribution < 1.29 is 19.5 Å². The lowest BCUT2D eigenvalue weighted by molar-refractivity contribution is 0.0644. The van der Waals surface area contributed by atoms with E-state index >= 15 is 0 Å². The van der Waals surface area contributed by atoms with E-state index < -0.39 is 6.10 Å². The molecule has 0 saturated carbocycles. The van der Waals surface area contributed by atoms with Gasteiger partial charge in [-0.05, 0) is 69.0 Å². The summed E-state index contributed by atoms with van der Waals surface area (Å²) in [7, 11) is 0. The molecule has 35 heavy (non-hydrogen) atoms. The Hall–Kier alpha value is -3.25. The number of hydrogen-bond donors (Lipinski definition) is 2. The number of ether oxygens (including phenoxy) is 1. The highest BCUT2D eigenvalue weighted by Crippen LogP contribution is 2.48. The van der Waals surface area contributed by atoms with Gasteiger partial charge in [0.2, 0.25) is 5.82 Å². The van der Waals surface area contributed by atoms with Gasteiger partial charge in [-0.25, -0.2) is 0 Å². The van der Waals surface area contributed by atoms with E-state index in [0.29, 0.717) is 35.1 Å². The van der Waals surface area contributed by atoms with Gasteiger partial charge >= 0.3 is 0 Å². The molecule has 2 heterocycles. The Morgan fingerprint density at radius 1 is 1.26 bits per heavy atom. The first kappa shape index (κ1) is 23.5. The highest BCUT2D eigenvalue weighted by molar-refractivity contribution is 5.68. The van der Waals surface area contributed by atoms with Crippen LogP contribution in [0.1, 0.15) is 43.4 Å². The van der Waals surface area contributed by atoms with Gasteiger partial charge in [-0.3, -0.25) is 4.90 Å². The fourth-order valence-corrected chi connectivity index (χ4v) is 5.51. The summed E-state index contributed by atoms with van der Waals surface area (Å²) in [6.45, 7) is 5.90. The molecule has 1 aliphatic carbocycles. The third-order valence-corrected chi connectivity index (χ3v) is 7.09. The molecule has 0 amide bonds. The molecule has 1 aliphatic heterocycles. The van der Waals surface area contributed by atoms with Crippen molar-refractivity contribution in [2.24, 2.45) is 0 Å². The predicted molar refractivity (Wildman–Crippen MR) is 130 cm³/mol. The van der Waals surface area contributed by atoms with E-state index in [9.17, 15) is 15.5 Å². The number of fused-ring (bicyclic) bond motifs is 2. The lowest BCUT2D eigenvalue weighted by Crippen LogP contribution is -2.35. The van der Waals surface area contributed by atoms with E-state index in [1.54, 1.807) is 12.1 Å². The van der Waals surface area contributed by atoms with Crippen LogP contribution < -0.4 is 4.74 Å². The van der Waals surface area contributed by atoms with Crippen LogP contribution in [0.25, 0.3) is 22.8 Å². The van der Waals surface area contributed by atoms with Gasteiger partial charge in [-0.2, -0.15) is 10.2 Å². The third-order valence-electron chi connectivity index (χ3n) is 7.09. The van der Waals surface area contributed by atoms with Crippen LogP contribution in [0.3, 0.4) is 0 Å². The summed E-state index contributed by atoms with van der Waals surface area (Å²) in [6.07, 6.45) is 2.27. The molecular formula is C27H30N4O4. The molecule has 182 valence electrons. The molecule has 1 fully saturated rings. The molecule has 1 unspecified atom stereocenters.